The molecule has 0 aliphatic heterocycles. The van der Waals surface area contributed by atoms with Crippen LogP contribution in [0.2, 0.25) is 0 Å². The van der Waals surface area contributed by atoms with Gasteiger partial charge in [-0.25, -0.2) is 8.42 Å². The van der Waals surface area contributed by atoms with Gasteiger partial charge in [0.2, 0.25) is 0 Å². The molecule has 1 rings (SSSR count). The van der Waals surface area contributed by atoms with Crippen molar-refractivity contribution in [3.05, 3.63) is 36.0 Å². The van der Waals surface area contributed by atoms with Gasteiger partial charge in [0.1, 0.15) is 10.7 Å². The van der Waals surface area contributed by atoms with Crippen molar-refractivity contribution in [1.82, 2.24) is 0 Å². The second-order valence-corrected chi connectivity index (χ2v) is 3.60. The standard InChI is InChI=1S/C8H10O2S/c1-7-3-2-4-8(6-5-7)11(9)10/h2-6,8,11H,1H3/t8-/m1/s1. The summed E-state index contributed by atoms with van der Waals surface area (Å²) in [5.41, 5.74) is 1.07. The van der Waals surface area contributed by atoms with Gasteiger partial charge >= 0.3 is 0 Å². The molecule has 0 saturated heterocycles. The first kappa shape index (κ1) is 8.27. The number of hydrogen-bond donors (Lipinski definition) is 1. The van der Waals surface area contributed by atoms with Gasteiger partial charge < -0.3 is 0 Å². The lowest BCUT2D eigenvalue weighted by Crippen LogP contribution is -1.99. The molecule has 0 radical (unpaired) electrons. The lowest BCUT2D eigenvalue weighted by molar-refractivity contribution is 0.613. The van der Waals surface area contributed by atoms with Gasteiger partial charge in [-0.2, -0.15) is 0 Å². The molecule has 0 fully saturated rings. The maximum absolute atomic E-state index is 10.5. The molecule has 2 nitrogen and oxygen atoms in total. The molecule has 0 N–H and O–H groups in total. The van der Waals surface area contributed by atoms with E-state index in [2.05, 4.69) is 0 Å². The summed E-state index contributed by atoms with van der Waals surface area (Å²) < 4.78 is 21.1. The van der Waals surface area contributed by atoms with Crippen LogP contribution < -0.4 is 0 Å². The Morgan fingerprint density at radius 3 is 2.73 bits per heavy atom. The molecule has 0 unspecified atom stereocenters. The van der Waals surface area contributed by atoms with Gasteiger partial charge in [-0.15, -0.1) is 0 Å². The summed E-state index contributed by atoms with van der Waals surface area (Å²) in [6.45, 7) is 1.93. The fourth-order valence-electron chi connectivity index (χ4n) is 0.832. The monoisotopic (exact) mass is 170 g/mol. The third-order valence-corrected chi connectivity index (χ3v) is 2.30. The van der Waals surface area contributed by atoms with E-state index in [9.17, 15) is 8.42 Å². The smallest absolute Gasteiger partial charge is 0.150 e. The Hall–Kier alpha value is -0.830. The molecule has 0 aromatic heterocycles. The summed E-state index contributed by atoms with van der Waals surface area (Å²) in [7, 11) is -2.36. The molecule has 3 heteroatoms. The van der Waals surface area contributed by atoms with Crippen LogP contribution in [-0.2, 0) is 10.7 Å². The van der Waals surface area contributed by atoms with Crippen LogP contribution in [0.25, 0.3) is 0 Å². The first-order chi connectivity index (χ1) is 5.20. The van der Waals surface area contributed by atoms with E-state index in [1.807, 2.05) is 19.1 Å². The van der Waals surface area contributed by atoms with Crippen LogP contribution in [-0.4, -0.2) is 13.7 Å². The number of allylic oxidation sites excluding steroid dienone is 4. The quantitative estimate of drug-likeness (QED) is 0.597. The molecule has 1 atom stereocenters. The average Bonchev–Trinajstić information content (AvgIpc) is 2.13. The molecule has 0 heterocycles. The van der Waals surface area contributed by atoms with Crippen molar-refractivity contribution in [3.63, 3.8) is 0 Å². The molecule has 1 aliphatic carbocycles. The highest BCUT2D eigenvalue weighted by Gasteiger charge is 2.02. The zero-order valence-electron chi connectivity index (χ0n) is 6.23. The molecular weight excluding hydrogens is 160 g/mol. The zero-order valence-corrected chi connectivity index (χ0v) is 7.12. The van der Waals surface area contributed by atoms with E-state index in [0.717, 1.165) is 5.57 Å². The Morgan fingerprint density at radius 2 is 2.09 bits per heavy atom. The first-order valence-electron chi connectivity index (χ1n) is 3.37. The van der Waals surface area contributed by atoms with E-state index >= 15 is 0 Å². The summed E-state index contributed by atoms with van der Waals surface area (Å²) in [4.78, 5) is 0. The minimum absolute atomic E-state index is 0.432. The van der Waals surface area contributed by atoms with Crippen LogP contribution in [0.3, 0.4) is 0 Å². The third-order valence-electron chi connectivity index (χ3n) is 1.47. The molecule has 1 aliphatic rings. The fraction of sp³-hybridized carbons (Fsp3) is 0.250. The van der Waals surface area contributed by atoms with Gasteiger partial charge in [0.25, 0.3) is 0 Å². The normalized spacial score (nSPS) is 23.5. The van der Waals surface area contributed by atoms with Gasteiger partial charge in [-0.1, -0.05) is 36.0 Å². The van der Waals surface area contributed by atoms with Crippen LogP contribution in [0.4, 0.5) is 0 Å². The predicted octanol–water partition coefficient (Wildman–Crippen LogP) is 1.04. The van der Waals surface area contributed by atoms with E-state index in [-0.39, 0.29) is 0 Å². The maximum atomic E-state index is 10.5. The van der Waals surface area contributed by atoms with Gasteiger partial charge in [-0.3, -0.25) is 0 Å². The Kier molecular flexibility index (Phi) is 2.65. The SMILES string of the molecule is CC1=CC=C[C@@H]([SH](=O)=O)C=C1. The number of rotatable bonds is 1. The molecule has 0 saturated carbocycles. The molecule has 11 heavy (non-hydrogen) atoms. The van der Waals surface area contributed by atoms with Crippen molar-refractivity contribution in [2.75, 3.05) is 0 Å². The van der Waals surface area contributed by atoms with Crippen molar-refractivity contribution in [3.8, 4) is 0 Å². The van der Waals surface area contributed by atoms with E-state index < -0.39 is 16.0 Å². The van der Waals surface area contributed by atoms with E-state index in [4.69, 9.17) is 0 Å². The highest BCUT2D eigenvalue weighted by molar-refractivity contribution is 7.73. The van der Waals surface area contributed by atoms with Crippen LogP contribution in [0.15, 0.2) is 36.0 Å². The highest BCUT2D eigenvalue weighted by atomic mass is 32.2. The van der Waals surface area contributed by atoms with Crippen molar-refractivity contribution >= 4 is 10.7 Å². The molecular formula is C8H10O2S. The average molecular weight is 170 g/mol. The third kappa shape index (κ3) is 2.35. The van der Waals surface area contributed by atoms with Crippen molar-refractivity contribution < 1.29 is 8.42 Å². The number of thiol groups is 1. The molecule has 0 bridgehead atoms. The van der Waals surface area contributed by atoms with Crippen LogP contribution in [0, 0.1) is 0 Å². The summed E-state index contributed by atoms with van der Waals surface area (Å²) >= 11 is 0. The minimum atomic E-state index is -2.36. The molecule has 0 spiro atoms. The Bertz CT molecular complexity index is 287. The first-order valence-corrected chi connectivity index (χ1v) is 4.61. The van der Waals surface area contributed by atoms with Gasteiger partial charge in [0.05, 0.1) is 5.25 Å². The summed E-state index contributed by atoms with van der Waals surface area (Å²) in [5, 5.41) is -0.432. The second-order valence-electron chi connectivity index (χ2n) is 2.43. The molecule has 0 amide bonds. The predicted molar refractivity (Wildman–Crippen MR) is 46.1 cm³/mol. The Morgan fingerprint density at radius 1 is 1.36 bits per heavy atom. The summed E-state index contributed by atoms with van der Waals surface area (Å²) in [6, 6.07) is 0. The van der Waals surface area contributed by atoms with E-state index in [1.54, 1.807) is 18.2 Å². The summed E-state index contributed by atoms with van der Waals surface area (Å²) in [6.07, 6.45) is 8.82. The van der Waals surface area contributed by atoms with Gasteiger partial charge in [0.15, 0.2) is 0 Å². The molecule has 0 aromatic rings. The van der Waals surface area contributed by atoms with Crippen molar-refractivity contribution in [2.24, 2.45) is 0 Å². The fourth-order valence-corrected chi connectivity index (χ4v) is 1.30. The lowest BCUT2D eigenvalue weighted by Gasteiger charge is -1.92. The van der Waals surface area contributed by atoms with Crippen LogP contribution >= 0.6 is 0 Å². The van der Waals surface area contributed by atoms with Crippen molar-refractivity contribution in [1.29, 1.82) is 0 Å². The van der Waals surface area contributed by atoms with Crippen molar-refractivity contribution in [2.45, 2.75) is 12.2 Å². The van der Waals surface area contributed by atoms with Crippen LogP contribution in [0.5, 0.6) is 0 Å². The minimum Gasteiger partial charge on any atom is -0.231 e. The molecule has 60 valence electrons. The van der Waals surface area contributed by atoms with Crippen LogP contribution in [0.1, 0.15) is 6.92 Å². The summed E-state index contributed by atoms with van der Waals surface area (Å²) in [5.74, 6) is 0. The van der Waals surface area contributed by atoms with E-state index in [1.165, 1.54) is 0 Å². The Labute approximate surface area is 67.9 Å². The topological polar surface area (TPSA) is 34.1 Å². The largest absolute Gasteiger partial charge is 0.231 e. The highest BCUT2D eigenvalue weighted by Crippen LogP contribution is 2.05. The van der Waals surface area contributed by atoms with Gasteiger partial charge in [-0.05, 0) is 6.92 Å². The zero-order chi connectivity index (χ0) is 8.27. The molecule has 0 aromatic carbocycles. The lowest BCUT2D eigenvalue weighted by atomic mass is 10.3. The maximum Gasteiger partial charge on any atom is 0.150 e. The second kappa shape index (κ2) is 3.53. The Balaban J connectivity index is 2.87. The van der Waals surface area contributed by atoms with E-state index in [0.29, 0.717) is 0 Å². The van der Waals surface area contributed by atoms with Gasteiger partial charge in [0, 0.05) is 0 Å². The number of hydrogen-bond acceptors (Lipinski definition) is 2.